The zero-order valence-electron chi connectivity index (χ0n) is 13.1. The highest BCUT2D eigenvalue weighted by molar-refractivity contribution is 5.82. The Hall–Kier alpha value is -0.900. The van der Waals surface area contributed by atoms with Crippen LogP contribution >= 0.6 is 0 Å². The zero-order chi connectivity index (χ0) is 14.9. The predicted molar refractivity (Wildman–Crippen MR) is 79.1 cm³/mol. The number of nitrogens with one attached hydrogen (secondary N) is 2. The minimum atomic E-state index is -0.0766. The van der Waals surface area contributed by atoms with Gasteiger partial charge in [-0.25, -0.2) is 0 Å². The number of unbranched alkanes of at least 4 members (excludes halogenated alkanes) is 2. The highest BCUT2D eigenvalue weighted by Gasteiger charge is 2.27. The summed E-state index contributed by atoms with van der Waals surface area (Å²) in [6.07, 6.45) is 3.63. The normalized spacial score (nSPS) is 13.1. The maximum Gasteiger partial charge on any atom is 0.219 e. The maximum atomic E-state index is 11.6. The fourth-order valence-corrected chi connectivity index (χ4v) is 2.09. The molecule has 0 radical (unpaired) electrons. The lowest BCUT2D eigenvalue weighted by molar-refractivity contribution is -0.122. The Morgan fingerprint density at radius 1 is 1.05 bits per heavy atom. The number of amides is 1. The van der Waals surface area contributed by atoms with Gasteiger partial charge in [0.25, 0.3) is 0 Å². The molecule has 0 heterocycles. The molecule has 0 saturated heterocycles. The molecule has 0 bridgehead atoms. The van der Waals surface area contributed by atoms with Crippen molar-refractivity contribution in [2.24, 2.45) is 5.41 Å². The Morgan fingerprint density at radius 3 is 2.11 bits per heavy atom. The van der Waals surface area contributed by atoms with Gasteiger partial charge in [-0.3, -0.25) is 9.59 Å². The van der Waals surface area contributed by atoms with Crippen LogP contribution in [0.5, 0.6) is 0 Å². The molecule has 112 valence electrons. The van der Waals surface area contributed by atoms with E-state index in [1.807, 2.05) is 6.92 Å². The van der Waals surface area contributed by atoms with E-state index < -0.39 is 0 Å². The molecule has 0 saturated carbocycles. The number of rotatable bonds is 9. The van der Waals surface area contributed by atoms with Crippen molar-refractivity contribution in [2.75, 3.05) is 13.1 Å². The highest BCUT2D eigenvalue weighted by Crippen LogP contribution is 2.19. The molecule has 1 atom stereocenters. The minimum Gasteiger partial charge on any atom is -0.356 e. The van der Waals surface area contributed by atoms with Crippen LogP contribution < -0.4 is 10.6 Å². The third-order valence-corrected chi connectivity index (χ3v) is 3.12. The van der Waals surface area contributed by atoms with Gasteiger partial charge in [0.2, 0.25) is 5.91 Å². The van der Waals surface area contributed by atoms with E-state index in [2.05, 4.69) is 31.4 Å². The number of carbonyl (C=O) groups excluding carboxylic acids is 2. The van der Waals surface area contributed by atoms with Gasteiger partial charge >= 0.3 is 0 Å². The standard InChI is InChI=1S/C15H30N2O2/c1-6-13(19)16-10-8-7-9-11-17-14(12(2)18)15(3,4)5/h14,17H,6-11H2,1-5H3,(H,16,19). The molecule has 0 rings (SSSR count). The van der Waals surface area contributed by atoms with Gasteiger partial charge in [0.15, 0.2) is 0 Å². The van der Waals surface area contributed by atoms with Gasteiger partial charge in [0.05, 0.1) is 6.04 Å². The first-order valence-electron chi connectivity index (χ1n) is 7.29. The molecule has 1 unspecified atom stereocenters. The van der Waals surface area contributed by atoms with Crippen LogP contribution in [0, 0.1) is 5.41 Å². The highest BCUT2D eigenvalue weighted by atomic mass is 16.1. The van der Waals surface area contributed by atoms with Gasteiger partial charge in [-0.1, -0.05) is 34.1 Å². The summed E-state index contributed by atoms with van der Waals surface area (Å²) in [5, 5.41) is 6.19. The summed E-state index contributed by atoms with van der Waals surface area (Å²) in [5.41, 5.74) is -0.0407. The van der Waals surface area contributed by atoms with Crippen molar-refractivity contribution in [1.29, 1.82) is 0 Å². The average Bonchev–Trinajstić information content (AvgIpc) is 2.29. The van der Waals surface area contributed by atoms with Gasteiger partial charge in [-0.05, 0) is 31.7 Å². The topological polar surface area (TPSA) is 58.2 Å². The summed E-state index contributed by atoms with van der Waals surface area (Å²) >= 11 is 0. The number of carbonyl (C=O) groups is 2. The van der Waals surface area contributed by atoms with Crippen LogP contribution in [0.4, 0.5) is 0 Å². The number of hydrogen-bond acceptors (Lipinski definition) is 3. The molecule has 0 aliphatic rings. The summed E-state index contributed by atoms with van der Waals surface area (Å²) in [5.74, 6) is 0.310. The fraction of sp³-hybridized carbons (Fsp3) is 0.867. The van der Waals surface area contributed by atoms with Gasteiger partial charge in [0, 0.05) is 13.0 Å². The molecule has 2 N–H and O–H groups in total. The van der Waals surface area contributed by atoms with Crippen molar-refractivity contribution in [2.45, 2.75) is 66.3 Å². The number of Topliss-reactive ketones (excluding diaryl/α,β-unsaturated/α-hetero) is 1. The van der Waals surface area contributed by atoms with Gasteiger partial charge in [-0.15, -0.1) is 0 Å². The van der Waals surface area contributed by atoms with Crippen LogP contribution in [0.15, 0.2) is 0 Å². The van der Waals surface area contributed by atoms with E-state index in [-0.39, 0.29) is 23.1 Å². The largest absolute Gasteiger partial charge is 0.356 e. The molecule has 4 nitrogen and oxygen atoms in total. The Bertz CT molecular complexity index is 282. The smallest absolute Gasteiger partial charge is 0.219 e. The number of ketones is 1. The molecule has 0 spiro atoms. The summed E-state index contributed by atoms with van der Waals surface area (Å²) in [6, 6.07) is -0.0766. The third-order valence-electron chi connectivity index (χ3n) is 3.12. The Kier molecular flexibility index (Phi) is 8.65. The SMILES string of the molecule is CCC(=O)NCCCCCNC(C(C)=O)C(C)(C)C. The van der Waals surface area contributed by atoms with Crippen LogP contribution in [0.3, 0.4) is 0 Å². The molecular formula is C15H30N2O2. The van der Waals surface area contributed by atoms with Crippen molar-refractivity contribution < 1.29 is 9.59 Å². The first-order chi connectivity index (χ1) is 8.79. The average molecular weight is 270 g/mol. The predicted octanol–water partition coefficient (Wildman–Crippen LogP) is 2.28. The molecule has 4 heteroatoms. The molecule has 1 amide bonds. The number of hydrogen-bond donors (Lipinski definition) is 2. The minimum absolute atomic E-state index is 0.0407. The van der Waals surface area contributed by atoms with Crippen molar-refractivity contribution in [3.05, 3.63) is 0 Å². The first-order valence-corrected chi connectivity index (χ1v) is 7.29. The summed E-state index contributed by atoms with van der Waals surface area (Å²) in [7, 11) is 0. The van der Waals surface area contributed by atoms with E-state index in [0.29, 0.717) is 6.42 Å². The van der Waals surface area contributed by atoms with Gasteiger partial charge in [0.1, 0.15) is 5.78 Å². The lowest BCUT2D eigenvalue weighted by Crippen LogP contribution is -2.45. The molecule has 0 aliphatic carbocycles. The second-order valence-corrected chi connectivity index (χ2v) is 6.13. The van der Waals surface area contributed by atoms with Crippen LogP contribution in [-0.2, 0) is 9.59 Å². The lowest BCUT2D eigenvalue weighted by Gasteiger charge is -2.29. The van der Waals surface area contributed by atoms with Crippen LogP contribution in [-0.4, -0.2) is 30.8 Å². The molecular weight excluding hydrogens is 240 g/mol. The van der Waals surface area contributed by atoms with Crippen molar-refractivity contribution in [1.82, 2.24) is 10.6 Å². The van der Waals surface area contributed by atoms with Crippen LogP contribution in [0.25, 0.3) is 0 Å². The third kappa shape index (κ3) is 8.76. The van der Waals surface area contributed by atoms with E-state index in [0.717, 1.165) is 32.4 Å². The fourth-order valence-electron chi connectivity index (χ4n) is 2.09. The summed E-state index contributed by atoms with van der Waals surface area (Å²) < 4.78 is 0. The van der Waals surface area contributed by atoms with Crippen molar-refractivity contribution >= 4 is 11.7 Å². The molecule has 0 aromatic rings. The van der Waals surface area contributed by atoms with E-state index in [4.69, 9.17) is 0 Å². The lowest BCUT2D eigenvalue weighted by atomic mass is 9.84. The maximum absolute atomic E-state index is 11.6. The summed E-state index contributed by atoms with van der Waals surface area (Å²) in [4.78, 5) is 22.6. The zero-order valence-corrected chi connectivity index (χ0v) is 13.1. The van der Waals surface area contributed by atoms with E-state index in [1.54, 1.807) is 6.92 Å². The van der Waals surface area contributed by atoms with Crippen LogP contribution in [0.2, 0.25) is 0 Å². The van der Waals surface area contributed by atoms with E-state index in [1.165, 1.54) is 0 Å². The molecule has 0 aromatic heterocycles. The second kappa shape index (κ2) is 9.08. The van der Waals surface area contributed by atoms with Gasteiger partial charge < -0.3 is 10.6 Å². The first kappa shape index (κ1) is 18.1. The Morgan fingerprint density at radius 2 is 1.63 bits per heavy atom. The molecule has 0 aromatic carbocycles. The van der Waals surface area contributed by atoms with Gasteiger partial charge in [-0.2, -0.15) is 0 Å². The second-order valence-electron chi connectivity index (χ2n) is 6.13. The monoisotopic (exact) mass is 270 g/mol. The Labute approximate surface area is 117 Å². The molecule has 0 fully saturated rings. The molecule has 19 heavy (non-hydrogen) atoms. The van der Waals surface area contributed by atoms with Crippen molar-refractivity contribution in [3.63, 3.8) is 0 Å². The van der Waals surface area contributed by atoms with E-state index in [9.17, 15) is 9.59 Å². The Balaban J connectivity index is 3.68. The molecule has 0 aliphatic heterocycles. The van der Waals surface area contributed by atoms with Crippen LogP contribution in [0.1, 0.15) is 60.3 Å². The van der Waals surface area contributed by atoms with E-state index >= 15 is 0 Å². The summed E-state index contributed by atoms with van der Waals surface area (Å²) in [6.45, 7) is 11.3. The van der Waals surface area contributed by atoms with Crippen molar-refractivity contribution in [3.8, 4) is 0 Å². The quantitative estimate of drug-likeness (QED) is 0.632.